The van der Waals surface area contributed by atoms with E-state index in [2.05, 4.69) is 49.7 Å². The molecule has 19 heavy (non-hydrogen) atoms. The SMILES string of the molecule is CCC(NC)c1c(C)nn(CCC(C)(C)OC)c1C. The van der Waals surface area contributed by atoms with Crippen LogP contribution < -0.4 is 5.32 Å². The van der Waals surface area contributed by atoms with Crippen LogP contribution >= 0.6 is 0 Å². The van der Waals surface area contributed by atoms with Crippen molar-refractivity contribution >= 4 is 0 Å². The fraction of sp³-hybridized carbons (Fsp3) is 0.800. The van der Waals surface area contributed by atoms with Gasteiger partial charge < -0.3 is 10.1 Å². The van der Waals surface area contributed by atoms with Crippen LogP contribution in [0.3, 0.4) is 0 Å². The van der Waals surface area contributed by atoms with Crippen molar-refractivity contribution in [3.05, 3.63) is 17.0 Å². The first-order valence-electron chi connectivity index (χ1n) is 7.12. The first-order valence-corrected chi connectivity index (χ1v) is 7.12. The zero-order valence-electron chi connectivity index (χ0n) is 13.5. The van der Waals surface area contributed by atoms with E-state index >= 15 is 0 Å². The van der Waals surface area contributed by atoms with Crippen molar-refractivity contribution in [2.75, 3.05) is 14.2 Å². The number of hydrogen-bond donors (Lipinski definition) is 1. The summed E-state index contributed by atoms with van der Waals surface area (Å²) in [6, 6.07) is 0.393. The molecular formula is C15H29N3O. The van der Waals surface area contributed by atoms with Gasteiger partial charge in [-0.3, -0.25) is 4.68 Å². The molecule has 4 heteroatoms. The molecule has 0 amide bonds. The van der Waals surface area contributed by atoms with Crippen LogP contribution in [-0.4, -0.2) is 29.5 Å². The molecule has 1 unspecified atom stereocenters. The fourth-order valence-electron chi connectivity index (χ4n) is 2.46. The summed E-state index contributed by atoms with van der Waals surface area (Å²) in [6.45, 7) is 11.6. The lowest BCUT2D eigenvalue weighted by Crippen LogP contribution is -2.25. The summed E-state index contributed by atoms with van der Waals surface area (Å²) in [5.41, 5.74) is 3.65. The molecule has 1 atom stereocenters. The van der Waals surface area contributed by atoms with Crippen molar-refractivity contribution in [1.29, 1.82) is 0 Å². The second kappa shape index (κ2) is 6.53. The molecule has 0 aliphatic heterocycles. The Morgan fingerprint density at radius 2 is 2.00 bits per heavy atom. The molecule has 1 heterocycles. The molecule has 0 fully saturated rings. The average molecular weight is 267 g/mol. The van der Waals surface area contributed by atoms with E-state index in [1.165, 1.54) is 11.3 Å². The standard InChI is InChI=1S/C15H29N3O/c1-8-13(16-6)14-11(2)17-18(12(14)3)10-9-15(4,5)19-7/h13,16H,8-10H2,1-7H3. The number of hydrogen-bond acceptors (Lipinski definition) is 3. The van der Waals surface area contributed by atoms with Crippen LogP contribution in [0.4, 0.5) is 0 Å². The molecule has 0 saturated heterocycles. The smallest absolute Gasteiger partial charge is 0.0644 e. The monoisotopic (exact) mass is 267 g/mol. The highest BCUT2D eigenvalue weighted by atomic mass is 16.5. The van der Waals surface area contributed by atoms with Crippen molar-refractivity contribution in [3.8, 4) is 0 Å². The van der Waals surface area contributed by atoms with Gasteiger partial charge in [-0.05, 0) is 47.6 Å². The summed E-state index contributed by atoms with van der Waals surface area (Å²) in [5, 5.41) is 8.05. The van der Waals surface area contributed by atoms with Crippen LogP contribution in [0.5, 0.6) is 0 Å². The highest BCUT2D eigenvalue weighted by Crippen LogP contribution is 2.24. The van der Waals surface area contributed by atoms with Crippen molar-refractivity contribution in [1.82, 2.24) is 15.1 Å². The van der Waals surface area contributed by atoms with Gasteiger partial charge in [0.2, 0.25) is 0 Å². The molecule has 0 radical (unpaired) electrons. The largest absolute Gasteiger partial charge is 0.379 e. The predicted octanol–water partition coefficient (Wildman–Crippen LogP) is 2.99. The summed E-state index contributed by atoms with van der Waals surface area (Å²) in [5.74, 6) is 0. The molecule has 0 saturated carbocycles. The van der Waals surface area contributed by atoms with Crippen LogP contribution in [-0.2, 0) is 11.3 Å². The van der Waals surface area contributed by atoms with E-state index in [1.54, 1.807) is 7.11 Å². The quantitative estimate of drug-likeness (QED) is 0.825. The maximum absolute atomic E-state index is 5.47. The zero-order chi connectivity index (χ0) is 14.6. The molecule has 1 N–H and O–H groups in total. The van der Waals surface area contributed by atoms with Gasteiger partial charge in [0, 0.05) is 31.0 Å². The first kappa shape index (κ1) is 16.2. The normalized spacial score (nSPS) is 13.8. The Balaban J connectivity index is 2.90. The lowest BCUT2D eigenvalue weighted by molar-refractivity contribution is 0.0112. The molecule has 1 rings (SSSR count). The van der Waals surface area contributed by atoms with Gasteiger partial charge in [-0.25, -0.2) is 0 Å². The van der Waals surface area contributed by atoms with Crippen molar-refractivity contribution in [2.24, 2.45) is 0 Å². The lowest BCUT2D eigenvalue weighted by atomic mass is 10.0. The number of aromatic nitrogens is 2. The number of nitrogens with one attached hydrogen (secondary N) is 1. The zero-order valence-corrected chi connectivity index (χ0v) is 13.5. The van der Waals surface area contributed by atoms with Crippen LogP contribution in [0.2, 0.25) is 0 Å². The third kappa shape index (κ3) is 3.80. The lowest BCUT2D eigenvalue weighted by Gasteiger charge is -2.23. The average Bonchev–Trinajstić information content (AvgIpc) is 2.66. The Hall–Kier alpha value is -0.870. The van der Waals surface area contributed by atoms with Gasteiger partial charge >= 0.3 is 0 Å². The molecule has 0 aromatic carbocycles. The molecule has 0 aliphatic rings. The van der Waals surface area contributed by atoms with E-state index in [0.29, 0.717) is 6.04 Å². The van der Waals surface area contributed by atoms with E-state index in [4.69, 9.17) is 4.74 Å². The van der Waals surface area contributed by atoms with Crippen molar-refractivity contribution in [3.63, 3.8) is 0 Å². The van der Waals surface area contributed by atoms with Crippen LogP contribution in [0.15, 0.2) is 0 Å². The minimum absolute atomic E-state index is 0.0976. The molecular weight excluding hydrogens is 238 g/mol. The van der Waals surface area contributed by atoms with Crippen molar-refractivity contribution < 1.29 is 4.74 Å². The molecule has 1 aromatic heterocycles. The Labute approximate surface area is 117 Å². The summed E-state index contributed by atoms with van der Waals surface area (Å²) in [6.07, 6.45) is 2.04. The Morgan fingerprint density at radius 3 is 2.47 bits per heavy atom. The maximum Gasteiger partial charge on any atom is 0.0644 e. The number of methoxy groups -OCH3 is 1. The predicted molar refractivity (Wildman–Crippen MR) is 79.5 cm³/mol. The van der Waals surface area contributed by atoms with E-state index in [-0.39, 0.29) is 5.60 Å². The number of ether oxygens (including phenoxy) is 1. The van der Waals surface area contributed by atoms with Gasteiger partial charge in [0.1, 0.15) is 0 Å². The van der Waals surface area contributed by atoms with E-state index < -0.39 is 0 Å². The van der Waals surface area contributed by atoms with Crippen LogP contribution in [0.1, 0.15) is 56.6 Å². The Kier molecular flexibility index (Phi) is 5.56. The van der Waals surface area contributed by atoms with Gasteiger partial charge in [-0.2, -0.15) is 5.10 Å². The van der Waals surface area contributed by atoms with Crippen LogP contribution in [0, 0.1) is 13.8 Å². The summed E-state index contributed by atoms with van der Waals surface area (Å²) in [4.78, 5) is 0. The molecule has 1 aromatic rings. The van der Waals surface area contributed by atoms with Crippen molar-refractivity contribution in [2.45, 2.75) is 65.6 Å². The van der Waals surface area contributed by atoms with Crippen LogP contribution in [0.25, 0.3) is 0 Å². The first-order chi connectivity index (χ1) is 8.86. The third-order valence-electron chi connectivity index (χ3n) is 4.02. The molecule has 110 valence electrons. The topological polar surface area (TPSA) is 39.1 Å². The third-order valence-corrected chi connectivity index (χ3v) is 4.02. The minimum atomic E-state index is -0.0976. The van der Waals surface area contributed by atoms with Gasteiger partial charge in [-0.15, -0.1) is 0 Å². The highest BCUT2D eigenvalue weighted by molar-refractivity contribution is 5.28. The second-order valence-corrected chi connectivity index (χ2v) is 5.77. The van der Waals surface area contributed by atoms with Gasteiger partial charge in [0.05, 0.1) is 11.3 Å². The number of nitrogens with zero attached hydrogens (tertiary/aromatic N) is 2. The Bertz CT molecular complexity index is 406. The summed E-state index contributed by atoms with van der Waals surface area (Å²) >= 11 is 0. The molecule has 4 nitrogen and oxygen atoms in total. The number of rotatable bonds is 7. The fourth-order valence-corrected chi connectivity index (χ4v) is 2.46. The molecule has 0 bridgehead atoms. The van der Waals surface area contributed by atoms with E-state index in [0.717, 1.165) is 25.1 Å². The van der Waals surface area contributed by atoms with Gasteiger partial charge in [0.25, 0.3) is 0 Å². The second-order valence-electron chi connectivity index (χ2n) is 5.77. The molecule has 0 spiro atoms. The van der Waals surface area contributed by atoms with Gasteiger partial charge in [0.15, 0.2) is 0 Å². The summed E-state index contributed by atoms with van der Waals surface area (Å²) in [7, 11) is 3.78. The maximum atomic E-state index is 5.47. The summed E-state index contributed by atoms with van der Waals surface area (Å²) < 4.78 is 7.59. The van der Waals surface area contributed by atoms with E-state index in [9.17, 15) is 0 Å². The minimum Gasteiger partial charge on any atom is -0.379 e. The van der Waals surface area contributed by atoms with Gasteiger partial charge in [-0.1, -0.05) is 6.92 Å². The number of aryl methyl sites for hydroxylation is 2. The van der Waals surface area contributed by atoms with E-state index in [1.807, 2.05) is 7.05 Å². The molecule has 0 aliphatic carbocycles. The highest BCUT2D eigenvalue weighted by Gasteiger charge is 2.21. The Morgan fingerprint density at radius 1 is 1.37 bits per heavy atom.